The number of ether oxygens (including phenoxy) is 1. The van der Waals surface area contributed by atoms with E-state index in [1.54, 1.807) is 7.11 Å². The van der Waals surface area contributed by atoms with Crippen LogP contribution in [0, 0.1) is 5.41 Å². The van der Waals surface area contributed by atoms with Crippen LogP contribution in [0.2, 0.25) is 0 Å². The first-order valence-electron chi connectivity index (χ1n) is 7.30. The molecule has 3 nitrogen and oxygen atoms in total. The van der Waals surface area contributed by atoms with Crippen molar-refractivity contribution in [2.75, 3.05) is 21.2 Å². The fraction of sp³-hybridized carbons (Fsp3) is 0.647. The van der Waals surface area contributed by atoms with Gasteiger partial charge in [0, 0.05) is 24.7 Å². The molecule has 20 heavy (non-hydrogen) atoms. The summed E-state index contributed by atoms with van der Waals surface area (Å²) in [5.74, 6) is 0.970. The van der Waals surface area contributed by atoms with Crippen molar-refractivity contribution in [2.45, 2.75) is 46.8 Å². The summed E-state index contributed by atoms with van der Waals surface area (Å²) < 4.78 is 5.50. The largest absolute Gasteiger partial charge is 0.496 e. The Balaban J connectivity index is 2.91. The SMILES string of the molecule is CNCc1ccc(OC)c(CN(C)C(C)C(C)(C)C)c1. The van der Waals surface area contributed by atoms with Gasteiger partial charge < -0.3 is 10.1 Å². The molecular weight excluding hydrogens is 248 g/mol. The van der Waals surface area contributed by atoms with Crippen LogP contribution >= 0.6 is 0 Å². The molecule has 1 rings (SSSR count). The molecule has 1 unspecified atom stereocenters. The van der Waals surface area contributed by atoms with Crippen LogP contribution in [-0.4, -0.2) is 32.1 Å². The lowest BCUT2D eigenvalue weighted by atomic mass is 9.87. The summed E-state index contributed by atoms with van der Waals surface area (Å²) in [6.07, 6.45) is 0. The van der Waals surface area contributed by atoms with E-state index in [4.69, 9.17) is 4.74 Å². The predicted molar refractivity (Wildman–Crippen MR) is 86.1 cm³/mol. The molecule has 0 aliphatic rings. The van der Waals surface area contributed by atoms with Crippen molar-refractivity contribution in [3.05, 3.63) is 29.3 Å². The highest BCUT2D eigenvalue weighted by Crippen LogP contribution is 2.27. The Morgan fingerprint density at radius 2 is 1.95 bits per heavy atom. The molecule has 3 heteroatoms. The first-order valence-corrected chi connectivity index (χ1v) is 7.30. The smallest absolute Gasteiger partial charge is 0.123 e. The number of hydrogen-bond donors (Lipinski definition) is 1. The number of nitrogens with zero attached hydrogens (tertiary/aromatic N) is 1. The minimum atomic E-state index is 0.268. The maximum atomic E-state index is 5.50. The van der Waals surface area contributed by atoms with Crippen molar-refractivity contribution in [3.63, 3.8) is 0 Å². The minimum Gasteiger partial charge on any atom is -0.496 e. The van der Waals surface area contributed by atoms with Gasteiger partial charge in [0.25, 0.3) is 0 Å². The fourth-order valence-electron chi connectivity index (χ4n) is 2.34. The van der Waals surface area contributed by atoms with E-state index in [1.165, 1.54) is 11.1 Å². The molecule has 0 aliphatic heterocycles. The average Bonchev–Trinajstić information content (AvgIpc) is 2.37. The van der Waals surface area contributed by atoms with E-state index in [0.717, 1.165) is 18.8 Å². The summed E-state index contributed by atoms with van der Waals surface area (Å²) in [5.41, 5.74) is 2.81. The molecule has 0 fully saturated rings. The molecule has 0 saturated carbocycles. The first kappa shape index (κ1) is 17.0. The summed E-state index contributed by atoms with van der Waals surface area (Å²) in [6, 6.07) is 6.92. The second-order valence-corrected chi connectivity index (χ2v) is 6.63. The molecular formula is C17H30N2O. The summed E-state index contributed by atoms with van der Waals surface area (Å²) in [5, 5.41) is 3.19. The van der Waals surface area contributed by atoms with E-state index in [0.29, 0.717) is 6.04 Å². The summed E-state index contributed by atoms with van der Waals surface area (Å²) >= 11 is 0. The van der Waals surface area contributed by atoms with Crippen LogP contribution in [0.1, 0.15) is 38.8 Å². The van der Waals surface area contributed by atoms with Crippen LogP contribution in [0.15, 0.2) is 18.2 Å². The van der Waals surface area contributed by atoms with Gasteiger partial charge in [-0.3, -0.25) is 4.90 Å². The Kier molecular flexibility index (Phi) is 6.03. The van der Waals surface area contributed by atoms with Crippen LogP contribution in [0.25, 0.3) is 0 Å². The first-order chi connectivity index (χ1) is 9.29. The third-order valence-corrected chi connectivity index (χ3v) is 4.06. The van der Waals surface area contributed by atoms with Gasteiger partial charge in [0.15, 0.2) is 0 Å². The number of methoxy groups -OCH3 is 1. The van der Waals surface area contributed by atoms with Crippen molar-refractivity contribution in [2.24, 2.45) is 5.41 Å². The number of rotatable bonds is 6. The average molecular weight is 278 g/mol. The quantitative estimate of drug-likeness (QED) is 0.864. The van der Waals surface area contributed by atoms with Crippen molar-refractivity contribution in [3.8, 4) is 5.75 Å². The van der Waals surface area contributed by atoms with Crippen molar-refractivity contribution < 1.29 is 4.74 Å². The molecule has 1 aromatic rings. The standard InChI is InChI=1S/C17H30N2O/c1-13(17(2,3)4)19(6)12-15-10-14(11-18-5)8-9-16(15)20-7/h8-10,13,18H,11-12H2,1-7H3. The van der Waals surface area contributed by atoms with Gasteiger partial charge in [0.05, 0.1) is 7.11 Å². The lowest BCUT2D eigenvalue weighted by Gasteiger charge is -2.35. The maximum Gasteiger partial charge on any atom is 0.123 e. The molecule has 1 N–H and O–H groups in total. The molecule has 0 saturated heterocycles. The summed E-state index contributed by atoms with van der Waals surface area (Å²) in [6.45, 7) is 10.9. The molecule has 114 valence electrons. The number of benzene rings is 1. The zero-order valence-corrected chi connectivity index (χ0v) is 14.1. The van der Waals surface area contributed by atoms with E-state index in [1.807, 2.05) is 7.05 Å². The van der Waals surface area contributed by atoms with E-state index < -0.39 is 0 Å². The Hall–Kier alpha value is -1.06. The van der Waals surface area contributed by atoms with Crippen molar-refractivity contribution in [1.82, 2.24) is 10.2 Å². The van der Waals surface area contributed by atoms with E-state index in [9.17, 15) is 0 Å². The topological polar surface area (TPSA) is 24.5 Å². The lowest BCUT2D eigenvalue weighted by Crippen LogP contribution is -2.38. The summed E-state index contributed by atoms with van der Waals surface area (Å²) in [4.78, 5) is 2.39. The molecule has 1 aromatic carbocycles. The zero-order chi connectivity index (χ0) is 15.3. The maximum absolute atomic E-state index is 5.50. The van der Waals surface area contributed by atoms with Gasteiger partial charge >= 0.3 is 0 Å². The predicted octanol–water partition coefficient (Wildman–Crippen LogP) is 3.28. The summed E-state index contributed by atoms with van der Waals surface area (Å²) in [7, 11) is 5.89. The second kappa shape index (κ2) is 7.09. The van der Waals surface area contributed by atoms with Gasteiger partial charge in [0.2, 0.25) is 0 Å². The molecule has 0 radical (unpaired) electrons. The normalized spacial score (nSPS) is 13.6. The van der Waals surface area contributed by atoms with E-state index in [-0.39, 0.29) is 5.41 Å². The molecule has 0 heterocycles. The van der Waals surface area contributed by atoms with Crippen LogP contribution < -0.4 is 10.1 Å². The molecule has 0 amide bonds. The van der Waals surface area contributed by atoms with Crippen LogP contribution in [-0.2, 0) is 13.1 Å². The van der Waals surface area contributed by atoms with Gasteiger partial charge in [-0.25, -0.2) is 0 Å². The van der Waals surface area contributed by atoms with E-state index >= 15 is 0 Å². The van der Waals surface area contributed by atoms with Gasteiger partial charge in [-0.1, -0.05) is 26.8 Å². The zero-order valence-electron chi connectivity index (χ0n) is 14.1. The van der Waals surface area contributed by atoms with Crippen LogP contribution in [0.4, 0.5) is 0 Å². The van der Waals surface area contributed by atoms with Crippen molar-refractivity contribution in [1.29, 1.82) is 0 Å². The van der Waals surface area contributed by atoms with Crippen molar-refractivity contribution >= 4 is 0 Å². The third kappa shape index (κ3) is 4.50. The molecule has 0 aliphatic carbocycles. The fourth-order valence-corrected chi connectivity index (χ4v) is 2.34. The molecule has 0 bridgehead atoms. The second-order valence-electron chi connectivity index (χ2n) is 6.63. The lowest BCUT2D eigenvalue weighted by molar-refractivity contribution is 0.133. The Labute approximate surface area is 124 Å². The monoisotopic (exact) mass is 278 g/mol. The highest BCUT2D eigenvalue weighted by atomic mass is 16.5. The molecule has 0 aromatic heterocycles. The van der Waals surface area contributed by atoms with Gasteiger partial charge in [0.1, 0.15) is 5.75 Å². The minimum absolute atomic E-state index is 0.268. The highest BCUT2D eigenvalue weighted by molar-refractivity contribution is 5.37. The van der Waals surface area contributed by atoms with Crippen LogP contribution in [0.3, 0.4) is 0 Å². The number of nitrogens with one attached hydrogen (secondary N) is 1. The molecule has 1 atom stereocenters. The van der Waals surface area contributed by atoms with E-state index in [2.05, 4.69) is 63.2 Å². The number of hydrogen-bond acceptors (Lipinski definition) is 3. The Bertz CT molecular complexity index is 423. The third-order valence-electron chi connectivity index (χ3n) is 4.06. The van der Waals surface area contributed by atoms with Gasteiger partial charge in [-0.15, -0.1) is 0 Å². The Morgan fingerprint density at radius 1 is 1.30 bits per heavy atom. The molecule has 0 spiro atoms. The van der Waals surface area contributed by atoms with Gasteiger partial charge in [-0.05, 0) is 44.1 Å². The Morgan fingerprint density at radius 3 is 2.45 bits per heavy atom. The van der Waals surface area contributed by atoms with Crippen LogP contribution in [0.5, 0.6) is 5.75 Å². The van der Waals surface area contributed by atoms with Gasteiger partial charge in [-0.2, -0.15) is 0 Å². The highest BCUT2D eigenvalue weighted by Gasteiger charge is 2.24.